The molecule has 0 fully saturated rings. The molecule has 6 heteroatoms. The highest BCUT2D eigenvalue weighted by Gasteiger charge is 2.19. The lowest BCUT2D eigenvalue weighted by molar-refractivity contribution is 0.0693. The van der Waals surface area contributed by atoms with Gasteiger partial charge in [-0.15, -0.1) is 0 Å². The minimum absolute atomic E-state index is 0.00324. The molecule has 3 rings (SSSR count). The number of nitrogens with one attached hydrogen (secondary N) is 1. The van der Waals surface area contributed by atoms with Crippen LogP contribution in [0.4, 0.5) is 5.69 Å². The van der Waals surface area contributed by atoms with Gasteiger partial charge in [0.15, 0.2) is 17.3 Å². The van der Waals surface area contributed by atoms with Gasteiger partial charge < -0.3 is 14.8 Å². The van der Waals surface area contributed by atoms with Crippen LogP contribution in [-0.4, -0.2) is 27.5 Å². The van der Waals surface area contributed by atoms with Crippen LogP contribution in [0, 0.1) is 0 Å². The molecule has 0 bridgehead atoms. The average Bonchev–Trinajstić information content (AvgIpc) is 3.04. The van der Waals surface area contributed by atoms with Crippen LogP contribution >= 0.6 is 0 Å². The number of furan rings is 1. The number of aromatic carboxylic acids is 1. The number of imidazole rings is 1. The lowest BCUT2D eigenvalue weighted by Crippen LogP contribution is -1.98. The highest BCUT2D eigenvalue weighted by atomic mass is 16.4. The van der Waals surface area contributed by atoms with Gasteiger partial charge in [-0.05, 0) is 24.3 Å². The quantitative estimate of drug-likeness (QED) is 0.752. The summed E-state index contributed by atoms with van der Waals surface area (Å²) in [5.74, 6) is -0.0664. The largest absolute Gasteiger partial charge is 0.476 e. The van der Waals surface area contributed by atoms with Gasteiger partial charge in [-0.1, -0.05) is 0 Å². The fraction of sp³-hybridized carbons (Fsp3) is 0.0769. The van der Waals surface area contributed by atoms with E-state index < -0.39 is 5.97 Å². The molecule has 0 amide bonds. The molecule has 0 radical (unpaired) electrons. The molecular formula is C13H11N3O3. The van der Waals surface area contributed by atoms with E-state index in [0.29, 0.717) is 17.1 Å². The summed E-state index contributed by atoms with van der Waals surface area (Å²) in [7, 11) is 1.77. The second kappa shape index (κ2) is 4.16. The fourth-order valence-electron chi connectivity index (χ4n) is 1.98. The predicted molar refractivity (Wildman–Crippen MR) is 69.4 cm³/mol. The number of carboxylic acids is 1. The number of nitrogens with zero attached hydrogens (tertiary/aromatic N) is 2. The number of fused-ring (bicyclic) bond motifs is 1. The van der Waals surface area contributed by atoms with Crippen LogP contribution in [-0.2, 0) is 0 Å². The molecule has 0 aliphatic carbocycles. The van der Waals surface area contributed by atoms with E-state index in [9.17, 15) is 9.90 Å². The summed E-state index contributed by atoms with van der Waals surface area (Å²) in [6.45, 7) is 0. The number of pyridine rings is 1. The van der Waals surface area contributed by atoms with E-state index in [1.165, 1.54) is 6.26 Å². The van der Waals surface area contributed by atoms with E-state index in [0.717, 1.165) is 5.69 Å². The number of aromatic nitrogens is 2. The van der Waals surface area contributed by atoms with Crippen LogP contribution in [0.3, 0.4) is 0 Å². The first-order valence-corrected chi connectivity index (χ1v) is 5.67. The normalized spacial score (nSPS) is 10.8. The van der Waals surface area contributed by atoms with E-state index in [1.54, 1.807) is 35.8 Å². The molecule has 96 valence electrons. The third kappa shape index (κ3) is 1.74. The van der Waals surface area contributed by atoms with Gasteiger partial charge in [0, 0.05) is 18.9 Å². The Morgan fingerprint density at radius 1 is 1.47 bits per heavy atom. The van der Waals surface area contributed by atoms with Crippen molar-refractivity contribution < 1.29 is 14.3 Å². The summed E-state index contributed by atoms with van der Waals surface area (Å²) in [4.78, 5) is 15.4. The summed E-state index contributed by atoms with van der Waals surface area (Å²) >= 11 is 0. The third-order valence-corrected chi connectivity index (χ3v) is 2.88. The molecule has 0 aromatic carbocycles. The third-order valence-electron chi connectivity index (χ3n) is 2.88. The van der Waals surface area contributed by atoms with Crippen LogP contribution in [0.2, 0.25) is 0 Å². The molecular weight excluding hydrogens is 246 g/mol. The van der Waals surface area contributed by atoms with Crippen molar-refractivity contribution in [3.05, 3.63) is 42.4 Å². The van der Waals surface area contributed by atoms with Crippen molar-refractivity contribution >= 4 is 17.2 Å². The lowest BCUT2D eigenvalue weighted by atomic mass is 10.3. The minimum atomic E-state index is -1.07. The Balaban J connectivity index is 2.33. The van der Waals surface area contributed by atoms with E-state index in [4.69, 9.17) is 4.42 Å². The van der Waals surface area contributed by atoms with Crippen molar-refractivity contribution in [1.29, 1.82) is 0 Å². The number of hydrogen-bond acceptors (Lipinski definition) is 4. The number of rotatable bonds is 3. The van der Waals surface area contributed by atoms with Crippen molar-refractivity contribution in [1.82, 2.24) is 9.38 Å². The first-order chi connectivity index (χ1) is 9.20. The highest BCUT2D eigenvalue weighted by molar-refractivity contribution is 5.95. The highest BCUT2D eigenvalue weighted by Crippen LogP contribution is 2.25. The lowest BCUT2D eigenvalue weighted by Gasteiger charge is -2.02. The van der Waals surface area contributed by atoms with Gasteiger partial charge in [-0.25, -0.2) is 9.78 Å². The Morgan fingerprint density at radius 3 is 2.95 bits per heavy atom. The molecule has 3 aromatic heterocycles. The summed E-state index contributed by atoms with van der Waals surface area (Å²) in [5, 5.41) is 12.2. The second-order valence-corrected chi connectivity index (χ2v) is 3.99. The summed E-state index contributed by atoms with van der Waals surface area (Å²) < 4.78 is 6.98. The van der Waals surface area contributed by atoms with Crippen LogP contribution < -0.4 is 5.32 Å². The molecule has 6 nitrogen and oxygen atoms in total. The Hall–Kier alpha value is -2.76. The zero-order valence-electron chi connectivity index (χ0n) is 10.1. The van der Waals surface area contributed by atoms with Crippen molar-refractivity contribution in [2.75, 3.05) is 12.4 Å². The summed E-state index contributed by atoms with van der Waals surface area (Å²) in [5.41, 5.74) is 1.34. The van der Waals surface area contributed by atoms with Crippen molar-refractivity contribution in [2.24, 2.45) is 0 Å². The molecule has 0 atom stereocenters. The molecule has 2 N–H and O–H groups in total. The van der Waals surface area contributed by atoms with E-state index >= 15 is 0 Å². The molecule has 0 spiro atoms. The summed E-state index contributed by atoms with van der Waals surface area (Å²) in [6.07, 6.45) is 3.29. The van der Waals surface area contributed by atoms with Crippen LogP contribution in [0.1, 0.15) is 10.5 Å². The predicted octanol–water partition coefficient (Wildman–Crippen LogP) is 2.33. The monoisotopic (exact) mass is 257 g/mol. The number of carboxylic acid groups (broad SMARTS) is 1. The zero-order valence-corrected chi connectivity index (χ0v) is 10.1. The second-order valence-electron chi connectivity index (χ2n) is 3.99. The smallest absolute Gasteiger partial charge is 0.356 e. The first kappa shape index (κ1) is 11.3. The van der Waals surface area contributed by atoms with Gasteiger partial charge in [-0.3, -0.25) is 4.40 Å². The summed E-state index contributed by atoms with van der Waals surface area (Å²) in [6, 6.07) is 7.06. The Labute approximate surface area is 108 Å². The maximum atomic E-state index is 11.3. The van der Waals surface area contributed by atoms with Crippen LogP contribution in [0.5, 0.6) is 0 Å². The standard InChI is InChI=1S/C13H11N3O3/c1-14-8-4-5-16-9(7-8)11(13(17)18)15-12(16)10-3-2-6-19-10/h2-7,14H,1H3,(H,17,18). The Morgan fingerprint density at radius 2 is 2.32 bits per heavy atom. The van der Waals surface area contributed by atoms with Crippen LogP contribution in [0.15, 0.2) is 41.1 Å². The zero-order chi connectivity index (χ0) is 13.4. The maximum Gasteiger partial charge on any atom is 0.356 e. The molecule has 0 saturated carbocycles. The molecule has 19 heavy (non-hydrogen) atoms. The fourth-order valence-corrected chi connectivity index (χ4v) is 1.98. The average molecular weight is 257 g/mol. The van der Waals surface area contributed by atoms with Gasteiger partial charge in [0.1, 0.15) is 0 Å². The minimum Gasteiger partial charge on any atom is -0.476 e. The van der Waals surface area contributed by atoms with Crippen molar-refractivity contribution in [3.8, 4) is 11.6 Å². The Bertz CT molecular complexity index is 744. The topological polar surface area (TPSA) is 79.8 Å². The van der Waals surface area contributed by atoms with E-state index in [-0.39, 0.29) is 5.69 Å². The van der Waals surface area contributed by atoms with Gasteiger partial charge in [-0.2, -0.15) is 0 Å². The SMILES string of the molecule is CNc1ccn2c(-c3ccco3)nc(C(=O)O)c2c1. The molecule has 0 aliphatic rings. The van der Waals surface area contributed by atoms with Crippen molar-refractivity contribution in [2.45, 2.75) is 0 Å². The maximum absolute atomic E-state index is 11.3. The number of carbonyl (C=O) groups is 1. The van der Waals surface area contributed by atoms with Gasteiger partial charge in [0.25, 0.3) is 0 Å². The van der Waals surface area contributed by atoms with Crippen LogP contribution in [0.25, 0.3) is 17.1 Å². The molecule has 3 heterocycles. The van der Waals surface area contributed by atoms with Gasteiger partial charge in [0.05, 0.1) is 11.8 Å². The molecule has 0 aliphatic heterocycles. The van der Waals surface area contributed by atoms with E-state index in [2.05, 4.69) is 10.3 Å². The Kier molecular flexibility index (Phi) is 2.49. The van der Waals surface area contributed by atoms with Crippen molar-refractivity contribution in [3.63, 3.8) is 0 Å². The first-order valence-electron chi connectivity index (χ1n) is 5.67. The number of hydrogen-bond donors (Lipinski definition) is 2. The van der Waals surface area contributed by atoms with Gasteiger partial charge >= 0.3 is 5.97 Å². The number of anilines is 1. The van der Waals surface area contributed by atoms with Gasteiger partial charge in [0.2, 0.25) is 0 Å². The molecule has 0 unspecified atom stereocenters. The molecule has 3 aromatic rings. The molecule has 0 saturated heterocycles. The van der Waals surface area contributed by atoms with E-state index in [1.807, 2.05) is 6.07 Å².